The Kier molecular flexibility index (Phi) is 11.7. The molecule has 1 heterocycles. The largest absolute Gasteiger partial charge is 0.490 e. The number of halogens is 1. The Morgan fingerprint density at radius 2 is 1.85 bits per heavy atom. The zero-order valence-electron chi connectivity index (χ0n) is 24.0. The summed E-state index contributed by atoms with van der Waals surface area (Å²) in [7, 11) is 0.0459. The Morgan fingerprint density at radius 1 is 1.15 bits per heavy atom. The molecule has 0 saturated heterocycles. The Morgan fingerprint density at radius 3 is 2.50 bits per heavy atom. The summed E-state index contributed by atoms with van der Waals surface area (Å²) in [6.07, 6.45) is 2.28. The van der Waals surface area contributed by atoms with Crippen LogP contribution in [-0.2, 0) is 14.8 Å². The van der Waals surface area contributed by atoms with Crippen LogP contribution in [0.4, 0.5) is 5.69 Å². The van der Waals surface area contributed by atoms with Gasteiger partial charge in [0, 0.05) is 36.3 Å². The fourth-order valence-electron chi connectivity index (χ4n) is 4.64. The molecule has 40 heavy (non-hydrogen) atoms. The quantitative estimate of drug-likeness (QED) is 0.485. The summed E-state index contributed by atoms with van der Waals surface area (Å²) in [5, 5.41) is 10.5. The van der Waals surface area contributed by atoms with Gasteiger partial charge in [0.2, 0.25) is 0 Å². The fraction of sp³-hybridized carbons (Fsp3) is 0.552. The van der Waals surface area contributed by atoms with E-state index in [1.807, 2.05) is 27.9 Å². The number of nitrogens with one attached hydrogen (secondary N) is 1. The second-order valence-corrected chi connectivity index (χ2v) is 13.0. The van der Waals surface area contributed by atoms with E-state index in [0.717, 1.165) is 19.3 Å². The van der Waals surface area contributed by atoms with Gasteiger partial charge >= 0.3 is 0 Å². The maximum Gasteiger partial charge on any atom is 0.261 e. The predicted molar refractivity (Wildman–Crippen MR) is 158 cm³/mol. The zero-order chi connectivity index (χ0) is 29.4. The number of aliphatic hydroxyl groups excluding tert-OH is 1. The molecule has 0 aromatic heterocycles. The molecular weight excluding hydrogens is 554 g/mol. The number of nitrogens with zero attached hydrogens (tertiary/aromatic N) is 2. The van der Waals surface area contributed by atoms with Crippen molar-refractivity contribution in [3.63, 3.8) is 0 Å². The van der Waals surface area contributed by atoms with Crippen molar-refractivity contribution < 1.29 is 27.8 Å². The summed E-state index contributed by atoms with van der Waals surface area (Å²) >= 11 is 5.92. The van der Waals surface area contributed by atoms with Crippen molar-refractivity contribution in [1.82, 2.24) is 9.80 Å². The maximum atomic E-state index is 14.1. The number of fused-ring (bicyclic) bond motifs is 1. The van der Waals surface area contributed by atoms with Crippen LogP contribution in [0.5, 0.6) is 5.75 Å². The summed E-state index contributed by atoms with van der Waals surface area (Å²) in [6, 6.07) is 10.1. The molecule has 3 rings (SSSR count). The number of hydrogen-bond donors (Lipinski definition) is 2. The van der Waals surface area contributed by atoms with E-state index in [1.54, 1.807) is 24.0 Å². The molecular formula is C29H42ClN3O6S. The van der Waals surface area contributed by atoms with Crippen LogP contribution in [0.3, 0.4) is 0 Å². The standard InChI is InChI=1S/C29H42ClN3O6S/c1-20-17-33(21(2)19-34)29(35)26-16-24(31-40(36,37)25-12-9-23(30)10-13-25)11-14-27(26)39-22(3)8-6-7-15-38-28(20)18-32(4)5/h9-14,16,20-22,28,31,34H,6-8,15,17-19H2,1-5H3/t20-,21+,22+,28+/m1/s1. The van der Waals surface area contributed by atoms with Crippen LogP contribution in [0, 0.1) is 5.92 Å². The van der Waals surface area contributed by atoms with Crippen molar-refractivity contribution in [3.8, 4) is 5.75 Å². The van der Waals surface area contributed by atoms with E-state index in [0.29, 0.717) is 30.5 Å². The summed E-state index contributed by atoms with van der Waals surface area (Å²) in [5.74, 6) is -0.0186. The molecule has 0 bridgehead atoms. The van der Waals surface area contributed by atoms with E-state index < -0.39 is 16.1 Å². The third kappa shape index (κ3) is 8.81. The van der Waals surface area contributed by atoms with Crippen molar-refractivity contribution in [2.75, 3.05) is 45.1 Å². The van der Waals surface area contributed by atoms with Crippen molar-refractivity contribution in [1.29, 1.82) is 0 Å². The average Bonchev–Trinajstić information content (AvgIpc) is 2.90. The van der Waals surface area contributed by atoms with Crippen LogP contribution in [0.1, 0.15) is 50.4 Å². The first-order valence-electron chi connectivity index (χ1n) is 13.7. The Balaban J connectivity index is 2.02. The highest BCUT2D eigenvalue weighted by atomic mass is 35.5. The summed E-state index contributed by atoms with van der Waals surface area (Å²) in [4.78, 5) is 17.8. The molecule has 0 unspecified atom stereocenters. The smallest absolute Gasteiger partial charge is 0.261 e. The molecule has 1 amide bonds. The highest BCUT2D eigenvalue weighted by Gasteiger charge is 2.30. The molecule has 1 aliphatic rings. The lowest BCUT2D eigenvalue weighted by atomic mass is 10.0. The van der Waals surface area contributed by atoms with Gasteiger partial charge in [-0.05, 0) is 89.7 Å². The Labute approximate surface area is 243 Å². The summed E-state index contributed by atoms with van der Waals surface area (Å²) in [5.41, 5.74) is 0.440. The van der Waals surface area contributed by atoms with E-state index in [4.69, 9.17) is 21.1 Å². The van der Waals surface area contributed by atoms with Crippen molar-refractivity contribution >= 4 is 33.2 Å². The van der Waals surface area contributed by atoms with Crippen molar-refractivity contribution in [2.45, 2.75) is 63.2 Å². The van der Waals surface area contributed by atoms with Crippen LogP contribution in [0.2, 0.25) is 5.02 Å². The molecule has 9 nitrogen and oxygen atoms in total. The van der Waals surface area contributed by atoms with E-state index in [9.17, 15) is 18.3 Å². The number of sulfonamides is 1. The monoisotopic (exact) mass is 595 g/mol. The second-order valence-electron chi connectivity index (χ2n) is 10.8. The van der Waals surface area contributed by atoms with Gasteiger partial charge in [0.25, 0.3) is 15.9 Å². The van der Waals surface area contributed by atoms with Crippen molar-refractivity contribution in [3.05, 3.63) is 53.1 Å². The molecule has 4 atom stereocenters. The van der Waals surface area contributed by atoms with Crippen LogP contribution in [-0.4, -0.2) is 87.9 Å². The third-order valence-corrected chi connectivity index (χ3v) is 8.62. The van der Waals surface area contributed by atoms with Gasteiger partial charge in [0.1, 0.15) is 5.75 Å². The van der Waals surface area contributed by atoms with E-state index in [1.165, 1.54) is 30.3 Å². The van der Waals surface area contributed by atoms with Gasteiger partial charge in [-0.1, -0.05) is 18.5 Å². The Bertz CT molecular complexity index is 1220. The van der Waals surface area contributed by atoms with Crippen LogP contribution < -0.4 is 9.46 Å². The Hall–Kier alpha value is -2.37. The van der Waals surface area contributed by atoms with Crippen LogP contribution in [0.15, 0.2) is 47.4 Å². The zero-order valence-corrected chi connectivity index (χ0v) is 25.5. The number of hydrogen-bond acceptors (Lipinski definition) is 7. The van der Waals surface area contributed by atoms with E-state index in [-0.39, 0.29) is 46.8 Å². The third-order valence-electron chi connectivity index (χ3n) is 6.97. The molecule has 2 aromatic carbocycles. The topological polar surface area (TPSA) is 108 Å². The summed E-state index contributed by atoms with van der Waals surface area (Å²) < 4.78 is 41.1. The first kappa shape index (κ1) is 32.1. The highest BCUT2D eigenvalue weighted by Crippen LogP contribution is 2.29. The van der Waals surface area contributed by atoms with Gasteiger partial charge in [-0.2, -0.15) is 0 Å². The van der Waals surface area contributed by atoms with Crippen molar-refractivity contribution in [2.24, 2.45) is 5.92 Å². The lowest BCUT2D eigenvalue weighted by molar-refractivity contribution is -0.0137. The SMILES string of the molecule is C[C@@H]1CN([C@@H](C)CO)C(=O)c2cc(NS(=O)(=O)c3ccc(Cl)cc3)ccc2O[C@@H](C)CCCCO[C@H]1CN(C)C. The average molecular weight is 596 g/mol. The molecule has 2 N–H and O–H groups in total. The number of ether oxygens (including phenoxy) is 2. The molecule has 0 aliphatic carbocycles. The van der Waals surface area contributed by atoms with Gasteiger partial charge in [0.05, 0.1) is 35.3 Å². The number of amides is 1. The van der Waals surface area contributed by atoms with E-state index >= 15 is 0 Å². The number of aliphatic hydroxyl groups is 1. The number of anilines is 1. The number of likely N-dealkylation sites (N-methyl/N-ethyl adjacent to an activating group) is 1. The predicted octanol–water partition coefficient (Wildman–Crippen LogP) is 4.50. The maximum absolute atomic E-state index is 14.1. The molecule has 0 fully saturated rings. The number of benzene rings is 2. The van der Waals surface area contributed by atoms with Crippen LogP contribution in [0.25, 0.3) is 0 Å². The normalized spacial score (nSPS) is 22.2. The molecule has 11 heteroatoms. The molecule has 222 valence electrons. The van der Waals surface area contributed by atoms with Gasteiger partial charge in [0.15, 0.2) is 0 Å². The second kappa shape index (κ2) is 14.5. The van der Waals surface area contributed by atoms with Gasteiger partial charge < -0.3 is 24.4 Å². The number of carbonyl (C=O) groups is 1. The fourth-order valence-corrected chi connectivity index (χ4v) is 5.81. The van der Waals surface area contributed by atoms with Gasteiger partial charge in [-0.25, -0.2) is 8.42 Å². The minimum atomic E-state index is -3.93. The first-order valence-corrected chi connectivity index (χ1v) is 15.5. The molecule has 2 aromatic rings. The molecule has 1 aliphatic heterocycles. The molecule has 0 saturated carbocycles. The highest BCUT2D eigenvalue weighted by molar-refractivity contribution is 7.92. The van der Waals surface area contributed by atoms with E-state index in [2.05, 4.69) is 9.62 Å². The minimum absolute atomic E-state index is 0.0295. The van der Waals surface area contributed by atoms with Gasteiger partial charge in [-0.15, -0.1) is 0 Å². The lowest BCUT2D eigenvalue weighted by Gasteiger charge is -2.35. The minimum Gasteiger partial charge on any atom is -0.490 e. The number of rotatable bonds is 7. The summed E-state index contributed by atoms with van der Waals surface area (Å²) in [6.45, 7) is 7.20. The first-order chi connectivity index (χ1) is 18.9. The van der Waals surface area contributed by atoms with Gasteiger partial charge in [-0.3, -0.25) is 9.52 Å². The molecule has 0 radical (unpaired) electrons. The number of carbonyl (C=O) groups excluding carboxylic acids is 1. The van der Waals surface area contributed by atoms with Crippen LogP contribution >= 0.6 is 11.6 Å². The lowest BCUT2D eigenvalue weighted by Crippen LogP contribution is -2.47. The molecule has 0 spiro atoms.